The van der Waals surface area contributed by atoms with Crippen LogP contribution in [0.5, 0.6) is 5.75 Å². The largest absolute Gasteiger partial charge is 0.508 e. The molecule has 4 heteroatoms. The van der Waals surface area contributed by atoms with Gasteiger partial charge in [0.2, 0.25) is 5.91 Å². The number of rotatable bonds is 2. The van der Waals surface area contributed by atoms with Crippen LogP contribution in [0, 0.1) is 5.92 Å². The molecule has 1 aromatic carbocycles. The Morgan fingerprint density at radius 1 is 1.50 bits per heavy atom. The van der Waals surface area contributed by atoms with Crippen molar-refractivity contribution in [3.8, 4) is 5.75 Å². The Balaban J connectivity index is 1.99. The number of halogens is 1. The van der Waals surface area contributed by atoms with Gasteiger partial charge in [0.1, 0.15) is 5.75 Å². The van der Waals surface area contributed by atoms with E-state index in [0.29, 0.717) is 16.3 Å². The molecule has 1 heterocycles. The van der Waals surface area contributed by atoms with E-state index in [1.165, 1.54) is 0 Å². The van der Waals surface area contributed by atoms with Gasteiger partial charge in [-0.25, -0.2) is 0 Å². The van der Waals surface area contributed by atoms with Crippen LogP contribution < -0.4 is 0 Å². The third kappa shape index (κ3) is 3.05. The predicted octanol–water partition coefficient (Wildman–Crippen LogP) is 2.57. The van der Waals surface area contributed by atoms with Gasteiger partial charge in [0, 0.05) is 23.5 Å². The number of aromatic hydroxyl groups is 1. The molecule has 1 N–H and O–H groups in total. The van der Waals surface area contributed by atoms with Crippen molar-refractivity contribution in [2.75, 3.05) is 13.1 Å². The van der Waals surface area contributed by atoms with Crippen molar-refractivity contribution in [3.63, 3.8) is 0 Å². The Bertz CT molecular complexity index is 436. The minimum atomic E-state index is 0.0906. The van der Waals surface area contributed by atoms with Crippen LogP contribution in [-0.2, 0) is 11.2 Å². The molecular formula is C14H18BrNO2. The summed E-state index contributed by atoms with van der Waals surface area (Å²) in [4.78, 5) is 14.4. The van der Waals surface area contributed by atoms with Crippen LogP contribution in [0.15, 0.2) is 24.3 Å². The van der Waals surface area contributed by atoms with Gasteiger partial charge in [-0.05, 0) is 18.4 Å². The van der Waals surface area contributed by atoms with Crippen molar-refractivity contribution in [1.82, 2.24) is 4.90 Å². The van der Waals surface area contributed by atoms with E-state index in [1.807, 2.05) is 11.0 Å². The number of para-hydroxylation sites is 1. The Labute approximate surface area is 116 Å². The summed E-state index contributed by atoms with van der Waals surface area (Å²) >= 11 is 3.62. The van der Waals surface area contributed by atoms with Crippen LogP contribution in [-0.4, -0.2) is 33.8 Å². The number of hydrogen-bond donors (Lipinski definition) is 1. The first-order valence-corrected chi connectivity index (χ1v) is 7.18. The highest BCUT2D eigenvalue weighted by atomic mass is 79.9. The normalized spacial score (nSPS) is 24.0. The minimum absolute atomic E-state index is 0.0906. The summed E-state index contributed by atoms with van der Waals surface area (Å²) in [6.45, 7) is 3.77. The number of alkyl halides is 1. The van der Waals surface area contributed by atoms with Gasteiger partial charge < -0.3 is 10.0 Å². The van der Waals surface area contributed by atoms with Crippen LogP contribution in [0.1, 0.15) is 18.9 Å². The maximum atomic E-state index is 12.2. The topological polar surface area (TPSA) is 40.5 Å². The minimum Gasteiger partial charge on any atom is -0.508 e. The molecule has 1 aromatic rings. The molecule has 2 atom stereocenters. The first kappa shape index (κ1) is 13.4. The number of phenols is 1. The Morgan fingerprint density at radius 3 is 2.89 bits per heavy atom. The summed E-state index contributed by atoms with van der Waals surface area (Å²) < 4.78 is 0. The van der Waals surface area contributed by atoms with E-state index in [2.05, 4.69) is 22.9 Å². The van der Waals surface area contributed by atoms with Crippen molar-refractivity contribution >= 4 is 21.8 Å². The summed E-state index contributed by atoms with van der Waals surface area (Å²) in [5, 5.41) is 9.67. The fourth-order valence-corrected chi connectivity index (χ4v) is 2.80. The molecule has 1 aliphatic heterocycles. The maximum absolute atomic E-state index is 12.2. The maximum Gasteiger partial charge on any atom is 0.227 e. The molecular weight excluding hydrogens is 294 g/mol. The summed E-state index contributed by atoms with van der Waals surface area (Å²) in [5.74, 6) is 0.902. The van der Waals surface area contributed by atoms with Gasteiger partial charge in [0.05, 0.1) is 6.42 Å². The molecule has 1 fully saturated rings. The lowest BCUT2D eigenvalue weighted by Gasteiger charge is -2.34. The van der Waals surface area contributed by atoms with E-state index >= 15 is 0 Å². The number of nitrogens with zero attached hydrogens (tertiary/aromatic N) is 1. The van der Waals surface area contributed by atoms with Crippen LogP contribution in [0.3, 0.4) is 0 Å². The number of likely N-dealkylation sites (tertiary alicyclic amines) is 1. The zero-order chi connectivity index (χ0) is 13.1. The highest BCUT2D eigenvalue weighted by molar-refractivity contribution is 9.09. The SMILES string of the molecule is CC1CCN(C(=O)Cc2ccccc2O)CC1Br. The van der Waals surface area contributed by atoms with Gasteiger partial charge in [0.25, 0.3) is 0 Å². The number of phenolic OH excluding ortho intramolecular Hbond substituents is 1. The van der Waals surface area contributed by atoms with E-state index in [-0.39, 0.29) is 18.1 Å². The molecule has 0 saturated carbocycles. The van der Waals surface area contributed by atoms with Crippen molar-refractivity contribution in [3.05, 3.63) is 29.8 Å². The average molecular weight is 312 g/mol. The number of carbonyl (C=O) groups is 1. The quantitative estimate of drug-likeness (QED) is 0.853. The molecule has 18 heavy (non-hydrogen) atoms. The van der Waals surface area contributed by atoms with Crippen LogP contribution >= 0.6 is 15.9 Å². The third-order valence-corrected chi connectivity index (χ3v) is 4.74. The molecule has 0 spiro atoms. The molecule has 98 valence electrons. The van der Waals surface area contributed by atoms with Gasteiger partial charge >= 0.3 is 0 Å². The third-order valence-electron chi connectivity index (χ3n) is 3.55. The molecule has 2 rings (SSSR count). The molecule has 0 radical (unpaired) electrons. The van der Waals surface area contributed by atoms with Crippen molar-refractivity contribution in [2.24, 2.45) is 5.92 Å². The smallest absolute Gasteiger partial charge is 0.227 e. The lowest BCUT2D eigenvalue weighted by atomic mass is 9.98. The Morgan fingerprint density at radius 2 is 2.22 bits per heavy atom. The second-order valence-electron chi connectivity index (χ2n) is 4.93. The molecule has 1 amide bonds. The highest BCUT2D eigenvalue weighted by Crippen LogP contribution is 2.24. The van der Waals surface area contributed by atoms with E-state index in [0.717, 1.165) is 19.5 Å². The van der Waals surface area contributed by atoms with Gasteiger partial charge in [-0.15, -0.1) is 0 Å². The van der Waals surface area contributed by atoms with Crippen molar-refractivity contribution in [2.45, 2.75) is 24.6 Å². The fraction of sp³-hybridized carbons (Fsp3) is 0.500. The zero-order valence-electron chi connectivity index (χ0n) is 10.5. The van der Waals surface area contributed by atoms with Crippen molar-refractivity contribution < 1.29 is 9.90 Å². The molecule has 2 unspecified atom stereocenters. The predicted molar refractivity (Wildman–Crippen MR) is 74.9 cm³/mol. The molecule has 1 saturated heterocycles. The summed E-state index contributed by atoms with van der Waals surface area (Å²) in [7, 11) is 0. The molecule has 0 aromatic heterocycles. The van der Waals surface area contributed by atoms with Gasteiger partial charge in [0.15, 0.2) is 0 Å². The monoisotopic (exact) mass is 311 g/mol. The van der Waals surface area contributed by atoms with E-state index < -0.39 is 0 Å². The summed E-state index contributed by atoms with van der Waals surface area (Å²) in [6.07, 6.45) is 1.31. The highest BCUT2D eigenvalue weighted by Gasteiger charge is 2.27. The van der Waals surface area contributed by atoms with Crippen LogP contribution in [0.25, 0.3) is 0 Å². The van der Waals surface area contributed by atoms with E-state index in [1.54, 1.807) is 18.2 Å². The Kier molecular flexibility index (Phi) is 4.27. The summed E-state index contributed by atoms with van der Waals surface area (Å²) in [6, 6.07) is 7.02. The molecule has 0 aliphatic carbocycles. The van der Waals surface area contributed by atoms with Gasteiger partial charge in [-0.1, -0.05) is 41.1 Å². The first-order chi connectivity index (χ1) is 8.58. The van der Waals surface area contributed by atoms with E-state index in [4.69, 9.17) is 0 Å². The van der Waals surface area contributed by atoms with Crippen molar-refractivity contribution in [1.29, 1.82) is 0 Å². The molecule has 1 aliphatic rings. The molecule has 0 bridgehead atoms. The second kappa shape index (κ2) is 5.74. The number of hydrogen-bond acceptors (Lipinski definition) is 2. The standard InChI is InChI=1S/C14H18BrNO2/c1-10-6-7-16(9-12(10)15)14(18)8-11-4-2-3-5-13(11)17/h2-5,10,12,17H,6-9H2,1H3. The lowest BCUT2D eigenvalue weighted by Crippen LogP contribution is -2.44. The number of piperidine rings is 1. The van der Waals surface area contributed by atoms with E-state index in [9.17, 15) is 9.90 Å². The first-order valence-electron chi connectivity index (χ1n) is 6.26. The zero-order valence-corrected chi connectivity index (χ0v) is 12.1. The van der Waals surface area contributed by atoms with Gasteiger partial charge in [-0.2, -0.15) is 0 Å². The van der Waals surface area contributed by atoms with Gasteiger partial charge in [-0.3, -0.25) is 4.79 Å². The Hall–Kier alpha value is -1.03. The summed E-state index contributed by atoms with van der Waals surface area (Å²) in [5.41, 5.74) is 0.701. The number of carbonyl (C=O) groups excluding carboxylic acids is 1. The number of amides is 1. The van der Waals surface area contributed by atoms with Crippen LogP contribution in [0.2, 0.25) is 0 Å². The molecule has 3 nitrogen and oxygen atoms in total. The van der Waals surface area contributed by atoms with Crippen LogP contribution in [0.4, 0.5) is 0 Å². The number of benzene rings is 1. The average Bonchev–Trinajstić information content (AvgIpc) is 2.35. The fourth-order valence-electron chi connectivity index (χ4n) is 2.18. The lowest BCUT2D eigenvalue weighted by molar-refractivity contribution is -0.131. The second-order valence-corrected chi connectivity index (χ2v) is 6.10.